The summed E-state index contributed by atoms with van der Waals surface area (Å²) < 4.78 is 5.29. The first kappa shape index (κ1) is 23.8. The molecular weight excluding hydrogens is 396 g/mol. The number of hydrogen-bond acceptors (Lipinski definition) is 4. The van der Waals surface area contributed by atoms with E-state index in [2.05, 4.69) is 37.4 Å². The number of nitrogens with one attached hydrogen (secondary N) is 1. The Bertz CT molecular complexity index is 849. The van der Waals surface area contributed by atoms with Crippen LogP contribution in [0, 0.1) is 13.8 Å². The summed E-state index contributed by atoms with van der Waals surface area (Å²) in [5.74, 6) is 1.62. The molecule has 0 aliphatic heterocycles. The van der Waals surface area contributed by atoms with E-state index in [1.807, 2.05) is 31.2 Å². The van der Waals surface area contributed by atoms with Crippen molar-refractivity contribution in [1.29, 1.82) is 0 Å². The smallest absolute Gasteiger partial charge is 0.242 e. The zero-order chi connectivity index (χ0) is 22.1. The summed E-state index contributed by atoms with van der Waals surface area (Å²) in [6.07, 6.45) is 0. The summed E-state index contributed by atoms with van der Waals surface area (Å²) in [7, 11) is 1.61. The maximum atomic E-state index is 13.1. The topological polar surface area (TPSA) is 58.6 Å². The number of carbonyl (C=O) groups excluding carboxylic acids is 2. The average molecular weight is 429 g/mol. The lowest BCUT2D eigenvalue weighted by Crippen LogP contribution is -2.48. The van der Waals surface area contributed by atoms with E-state index in [0.717, 1.165) is 17.1 Å². The first-order valence-electron chi connectivity index (χ1n) is 10.2. The van der Waals surface area contributed by atoms with Crippen molar-refractivity contribution in [2.45, 2.75) is 46.0 Å². The molecule has 1 N–H and O–H groups in total. The molecule has 0 aliphatic carbocycles. The van der Waals surface area contributed by atoms with E-state index >= 15 is 0 Å². The van der Waals surface area contributed by atoms with Crippen LogP contribution in [0.3, 0.4) is 0 Å². The first-order valence-corrected chi connectivity index (χ1v) is 11.3. The van der Waals surface area contributed by atoms with Gasteiger partial charge >= 0.3 is 0 Å². The molecule has 2 rings (SSSR count). The fourth-order valence-corrected chi connectivity index (χ4v) is 4.21. The maximum Gasteiger partial charge on any atom is 0.242 e. The SMILES string of the molecule is CCNC(=O)[C@@H](C)N(Cc1cccc(OC)c1)C(=O)CSCc1cc(C)cc(C)c1. The van der Waals surface area contributed by atoms with Gasteiger partial charge in [-0.2, -0.15) is 0 Å². The van der Waals surface area contributed by atoms with Gasteiger partial charge < -0.3 is 15.0 Å². The molecule has 0 radical (unpaired) electrons. The highest BCUT2D eigenvalue weighted by molar-refractivity contribution is 7.99. The largest absolute Gasteiger partial charge is 0.497 e. The van der Waals surface area contributed by atoms with E-state index < -0.39 is 6.04 Å². The average Bonchev–Trinajstić information content (AvgIpc) is 2.71. The van der Waals surface area contributed by atoms with Gasteiger partial charge in [0, 0.05) is 18.8 Å². The molecule has 0 aromatic heterocycles. The molecule has 2 amide bonds. The maximum absolute atomic E-state index is 13.1. The lowest BCUT2D eigenvalue weighted by atomic mass is 10.1. The third-order valence-corrected chi connectivity index (χ3v) is 5.77. The van der Waals surface area contributed by atoms with Gasteiger partial charge in [-0.05, 0) is 51.0 Å². The predicted molar refractivity (Wildman–Crippen MR) is 124 cm³/mol. The number of nitrogens with zero attached hydrogens (tertiary/aromatic N) is 1. The van der Waals surface area contributed by atoms with E-state index in [0.29, 0.717) is 18.8 Å². The van der Waals surface area contributed by atoms with Crippen molar-refractivity contribution in [3.05, 3.63) is 64.7 Å². The second kappa shape index (κ2) is 11.6. The zero-order valence-corrected chi connectivity index (χ0v) is 19.3. The van der Waals surface area contributed by atoms with Gasteiger partial charge in [0.2, 0.25) is 11.8 Å². The van der Waals surface area contributed by atoms with Crippen LogP contribution in [0.1, 0.15) is 36.1 Å². The van der Waals surface area contributed by atoms with E-state index in [-0.39, 0.29) is 11.8 Å². The predicted octanol–water partition coefficient (Wildman–Crippen LogP) is 4.10. The molecule has 0 heterocycles. The summed E-state index contributed by atoms with van der Waals surface area (Å²) >= 11 is 1.57. The van der Waals surface area contributed by atoms with Crippen molar-refractivity contribution in [3.63, 3.8) is 0 Å². The van der Waals surface area contributed by atoms with Crippen LogP contribution < -0.4 is 10.1 Å². The number of hydrogen-bond donors (Lipinski definition) is 1. The van der Waals surface area contributed by atoms with Crippen molar-refractivity contribution in [2.24, 2.45) is 0 Å². The van der Waals surface area contributed by atoms with Crippen molar-refractivity contribution >= 4 is 23.6 Å². The van der Waals surface area contributed by atoms with Crippen LogP contribution in [0.4, 0.5) is 0 Å². The van der Waals surface area contributed by atoms with Crippen LogP contribution >= 0.6 is 11.8 Å². The summed E-state index contributed by atoms with van der Waals surface area (Å²) in [6.45, 7) is 8.70. The van der Waals surface area contributed by atoms with Crippen LogP contribution in [-0.2, 0) is 21.9 Å². The fourth-order valence-electron chi connectivity index (χ4n) is 3.36. The zero-order valence-electron chi connectivity index (χ0n) is 18.5. The number of ether oxygens (including phenoxy) is 1. The van der Waals surface area contributed by atoms with Crippen LogP contribution in [-0.4, -0.2) is 42.2 Å². The van der Waals surface area contributed by atoms with Crippen molar-refractivity contribution in [3.8, 4) is 5.75 Å². The molecule has 0 fully saturated rings. The minimum Gasteiger partial charge on any atom is -0.497 e. The number of amides is 2. The Morgan fingerprint density at radius 1 is 1.10 bits per heavy atom. The van der Waals surface area contributed by atoms with Gasteiger partial charge in [0.15, 0.2) is 0 Å². The fraction of sp³-hybridized carbons (Fsp3) is 0.417. The van der Waals surface area contributed by atoms with Crippen LogP contribution in [0.2, 0.25) is 0 Å². The summed E-state index contributed by atoms with van der Waals surface area (Å²) in [4.78, 5) is 27.2. The molecule has 2 aromatic rings. The van der Waals surface area contributed by atoms with Crippen LogP contribution in [0.5, 0.6) is 5.75 Å². The molecule has 0 unspecified atom stereocenters. The molecule has 2 aromatic carbocycles. The second-order valence-corrected chi connectivity index (χ2v) is 8.42. The molecule has 0 bridgehead atoms. The lowest BCUT2D eigenvalue weighted by molar-refractivity contribution is -0.138. The normalized spacial score (nSPS) is 11.6. The van der Waals surface area contributed by atoms with Gasteiger partial charge in [-0.3, -0.25) is 9.59 Å². The van der Waals surface area contributed by atoms with E-state index in [1.165, 1.54) is 16.7 Å². The monoisotopic (exact) mass is 428 g/mol. The number of thioether (sulfide) groups is 1. The highest BCUT2D eigenvalue weighted by atomic mass is 32.2. The summed E-state index contributed by atoms with van der Waals surface area (Å²) in [6, 6.07) is 13.5. The molecular formula is C24H32N2O3S. The molecule has 0 saturated heterocycles. The van der Waals surface area contributed by atoms with Crippen LogP contribution in [0.15, 0.2) is 42.5 Å². The standard InChI is InChI=1S/C24H32N2O3S/c1-6-25-24(28)19(4)26(14-20-8-7-9-22(13-20)29-5)23(27)16-30-15-21-11-17(2)10-18(3)12-21/h7-13,19H,6,14-16H2,1-5H3,(H,25,28)/t19-/m1/s1. The van der Waals surface area contributed by atoms with Gasteiger partial charge in [-0.1, -0.05) is 41.5 Å². The van der Waals surface area contributed by atoms with Gasteiger partial charge in [0.1, 0.15) is 11.8 Å². The number of carbonyl (C=O) groups is 2. The minimum atomic E-state index is -0.550. The van der Waals surface area contributed by atoms with Crippen molar-refractivity contribution in [1.82, 2.24) is 10.2 Å². The minimum absolute atomic E-state index is 0.0500. The lowest BCUT2D eigenvalue weighted by Gasteiger charge is -2.28. The van der Waals surface area contributed by atoms with E-state index in [1.54, 1.807) is 30.7 Å². The third-order valence-electron chi connectivity index (χ3n) is 4.78. The van der Waals surface area contributed by atoms with Gasteiger partial charge in [0.05, 0.1) is 12.9 Å². The number of methoxy groups -OCH3 is 1. The number of aryl methyl sites for hydroxylation is 2. The highest BCUT2D eigenvalue weighted by Gasteiger charge is 2.25. The van der Waals surface area contributed by atoms with Crippen LogP contribution in [0.25, 0.3) is 0 Å². The van der Waals surface area contributed by atoms with Crippen molar-refractivity contribution < 1.29 is 14.3 Å². The Labute approximate surface area is 184 Å². The molecule has 0 aliphatic rings. The Kier molecular flexibility index (Phi) is 9.24. The highest BCUT2D eigenvalue weighted by Crippen LogP contribution is 2.19. The Balaban J connectivity index is 2.09. The Morgan fingerprint density at radius 3 is 2.43 bits per heavy atom. The van der Waals surface area contributed by atoms with E-state index in [4.69, 9.17) is 4.74 Å². The van der Waals surface area contributed by atoms with Crippen molar-refractivity contribution in [2.75, 3.05) is 19.4 Å². The Morgan fingerprint density at radius 2 is 1.80 bits per heavy atom. The molecule has 30 heavy (non-hydrogen) atoms. The third kappa shape index (κ3) is 7.10. The molecule has 5 nitrogen and oxygen atoms in total. The number of benzene rings is 2. The molecule has 0 saturated carbocycles. The molecule has 6 heteroatoms. The Hall–Kier alpha value is -2.47. The summed E-state index contributed by atoms with van der Waals surface area (Å²) in [5.41, 5.74) is 4.59. The second-order valence-electron chi connectivity index (χ2n) is 7.43. The number of rotatable bonds is 10. The van der Waals surface area contributed by atoms with Gasteiger partial charge in [-0.25, -0.2) is 0 Å². The quantitative estimate of drug-likeness (QED) is 0.619. The molecule has 1 atom stereocenters. The summed E-state index contributed by atoms with van der Waals surface area (Å²) in [5, 5.41) is 2.82. The first-order chi connectivity index (χ1) is 14.3. The van der Waals surface area contributed by atoms with Gasteiger partial charge in [0.25, 0.3) is 0 Å². The van der Waals surface area contributed by atoms with E-state index in [9.17, 15) is 9.59 Å². The van der Waals surface area contributed by atoms with Gasteiger partial charge in [-0.15, -0.1) is 11.8 Å². The molecule has 0 spiro atoms. The molecule has 162 valence electrons. The number of likely N-dealkylation sites (N-methyl/N-ethyl adjacent to an activating group) is 1.